The van der Waals surface area contributed by atoms with E-state index in [1.54, 1.807) is 13.1 Å². The molecule has 4 nitrogen and oxygen atoms in total. The van der Waals surface area contributed by atoms with Crippen LogP contribution in [0.15, 0.2) is 12.2 Å². The highest BCUT2D eigenvalue weighted by Gasteiger charge is 2.07. The van der Waals surface area contributed by atoms with E-state index in [1.807, 2.05) is 6.08 Å². The zero-order valence-corrected chi connectivity index (χ0v) is 7.95. The molecule has 0 aliphatic carbocycles. The molecule has 1 fully saturated rings. The molecule has 0 saturated carbocycles. The number of amides is 1. The van der Waals surface area contributed by atoms with Gasteiger partial charge in [-0.25, -0.2) is 0 Å². The maximum atomic E-state index is 10.8. The molecule has 1 amide bonds. The van der Waals surface area contributed by atoms with E-state index in [1.165, 1.54) is 0 Å². The molecular formula is C9H16N2O2. The highest BCUT2D eigenvalue weighted by Crippen LogP contribution is 1.95. The number of morpholine rings is 1. The van der Waals surface area contributed by atoms with Crippen LogP contribution in [0, 0.1) is 0 Å². The zero-order chi connectivity index (χ0) is 9.52. The summed E-state index contributed by atoms with van der Waals surface area (Å²) in [5, 5.41) is 2.53. The van der Waals surface area contributed by atoms with Gasteiger partial charge in [-0.05, 0) is 0 Å². The molecule has 4 heteroatoms. The molecule has 0 spiro atoms. The van der Waals surface area contributed by atoms with Crippen LogP contribution in [0.2, 0.25) is 0 Å². The molecule has 1 N–H and O–H groups in total. The van der Waals surface area contributed by atoms with Crippen LogP contribution >= 0.6 is 0 Å². The number of ether oxygens (including phenoxy) is 1. The van der Waals surface area contributed by atoms with Gasteiger partial charge in [-0.2, -0.15) is 0 Å². The van der Waals surface area contributed by atoms with Gasteiger partial charge in [-0.15, -0.1) is 0 Å². The van der Waals surface area contributed by atoms with Gasteiger partial charge >= 0.3 is 0 Å². The maximum Gasteiger partial charge on any atom is 0.243 e. The van der Waals surface area contributed by atoms with Crippen molar-refractivity contribution in [2.45, 2.75) is 0 Å². The van der Waals surface area contributed by atoms with E-state index >= 15 is 0 Å². The third kappa shape index (κ3) is 4.05. The number of carbonyl (C=O) groups excluding carboxylic acids is 1. The van der Waals surface area contributed by atoms with Gasteiger partial charge in [0.25, 0.3) is 0 Å². The average molecular weight is 184 g/mol. The van der Waals surface area contributed by atoms with Crippen LogP contribution in [0.4, 0.5) is 0 Å². The van der Waals surface area contributed by atoms with Gasteiger partial charge in [0, 0.05) is 32.8 Å². The van der Waals surface area contributed by atoms with Gasteiger partial charge in [-0.3, -0.25) is 9.69 Å². The smallest absolute Gasteiger partial charge is 0.243 e. The van der Waals surface area contributed by atoms with Crippen LogP contribution in [0.1, 0.15) is 0 Å². The predicted molar refractivity (Wildman–Crippen MR) is 50.5 cm³/mol. The molecule has 74 valence electrons. The largest absolute Gasteiger partial charge is 0.379 e. The molecule has 0 radical (unpaired) electrons. The molecule has 0 aromatic heterocycles. The highest BCUT2D eigenvalue weighted by atomic mass is 16.5. The van der Waals surface area contributed by atoms with Crippen molar-refractivity contribution in [2.75, 3.05) is 39.9 Å². The van der Waals surface area contributed by atoms with Crippen molar-refractivity contribution in [1.29, 1.82) is 0 Å². The third-order valence-electron chi connectivity index (χ3n) is 1.98. The van der Waals surface area contributed by atoms with Crippen LogP contribution in [-0.4, -0.2) is 50.7 Å². The monoisotopic (exact) mass is 184 g/mol. The second kappa shape index (κ2) is 5.72. The van der Waals surface area contributed by atoms with Gasteiger partial charge in [0.2, 0.25) is 5.91 Å². The van der Waals surface area contributed by atoms with E-state index in [0.717, 1.165) is 32.8 Å². The van der Waals surface area contributed by atoms with Crippen molar-refractivity contribution in [3.63, 3.8) is 0 Å². The van der Waals surface area contributed by atoms with Crippen LogP contribution < -0.4 is 5.32 Å². The molecule has 1 aliphatic rings. The minimum Gasteiger partial charge on any atom is -0.379 e. The lowest BCUT2D eigenvalue weighted by atomic mass is 10.4. The number of nitrogens with one attached hydrogen (secondary N) is 1. The third-order valence-corrected chi connectivity index (χ3v) is 1.98. The molecular weight excluding hydrogens is 168 g/mol. The summed E-state index contributed by atoms with van der Waals surface area (Å²) in [5.74, 6) is -0.0479. The Labute approximate surface area is 78.5 Å². The van der Waals surface area contributed by atoms with Gasteiger partial charge in [0.05, 0.1) is 13.2 Å². The summed E-state index contributed by atoms with van der Waals surface area (Å²) < 4.78 is 5.20. The minimum atomic E-state index is -0.0479. The van der Waals surface area contributed by atoms with Gasteiger partial charge in [-0.1, -0.05) is 6.08 Å². The van der Waals surface area contributed by atoms with Crippen molar-refractivity contribution >= 4 is 5.91 Å². The first-order valence-electron chi connectivity index (χ1n) is 4.51. The molecule has 0 aromatic carbocycles. The van der Waals surface area contributed by atoms with E-state index in [-0.39, 0.29) is 5.91 Å². The Morgan fingerprint density at radius 1 is 1.54 bits per heavy atom. The number of nitrogens with zero attached hydrogens (tertiary/aromatic N) is 1. The lowest BCUT2D eigenvalue weighted by molar-refractivity contribution is -0.116. The van der Waals surface area contributed by atoms with Crippen LogP contribution in [0.5, 0.6) is 0 Å². The van der Waals surface area contributed by atoms with Crippen molar-refractivity contribution < 1.29 is 9.53 Å². The average Bonchev–Trinajstić information content (AvgIpc) is 2.19. The van der Waals surface area contributed by atoms with Gasteiger partial charge < -0.3 is 10.1 Å². The lowest BCUT2D eigenvalue weighted by Crippen LogP contribution is -2.36. The zero-order valence-electron chi connectivity index (χ0n) is 7.95. The van der Waals surface area contributed by atoms with Gasteiger partial charge in [0.1, 0.15) is 0 Å². The lowest BCUT2D eigenvalue weighted by Gasteiger charge is -2.24. The van der Waals surface area contributed by atoms with Gasteiger partial charge in [0.15, 0.2) is 0 Å². The number of hydrogen-bond acceptors (Lipinski definition) is 3. The Hall–Kier alpha value is -0.870. The summed E-state index contributed by atoms with van der Waals surface area (Å²) in [6.45, 7) is 4.34. The normalized spacial score (nSPS) is 19.2. The molecule has 0 unspecified atom stereocenters. The van der Waals surface area contributed by atoms with E-state index in [0.29, 0.717) is 0 Å². The van der Waals surface area contributed by atoms with Crippen LogP contribution in [0.3, 0.4) is 0 Å². The molecule has 1 rings (SSSR count). The Morgan fingerprint density at radius 2 is 2.23 bits per heavy atom. The van der Waals surface area contributed by atoms with E-state index in [2.05, 4.69) is 10.2 Å². The first-order valence-corrected chi connectivity index (χ1v) is 4.51. The fourth-order valence-electron chi connectivity index (χ4n) is 1.18. The van der Waals surface area contributed by atoms with E-state index in [4.69, 9.17) is 4.74 Å². The minimum absolute atomic E-state index is 0.0479. The molecule has 0 bridgehead atoms. The first kappa shape index (κ1) is 10.2. The number of carbonyl (C=O) groups is 1. The molecule has 0 atom stereocenters. The Morgan fingerprint density at radius 3 is 2.85 bits per heavy atom. The predicted octanol–water partition coefficient (Wildman–Crippen LogP) is -0.379. The summed E-state index contributed by atoms with van der Waals surface area (Å²) in [6.07, 6.45) is 3.44. The fourth-order valence-corrected chi connectivity index (χ4v) is 1.18. The SMILES string of the molecule is CNC(=O)C=CCN1CCOCC1. The number of likely N-dealkylation sites (N-methyl/N-ethyl adjacent to an activating group) is 1. The summed E-state index contributed by atoms with van der Waals surface area (Å²) in [5.41, 5.74) is 0. The molecule has 1 heterocycles. The highest BCUT2D eigenvalue weighted by molar-refractivity contribution is 5.87. The van der Waals surface area contributed by atoms with Crippen molar-refractivity contribution in [1.82, 2.24) is 10.2 Å². The molecule has 1 saturated heterocycles. The Balaban J connectivity index is 2.16. The first-order chi connectivity index (χ1) is 6.33. The second-order valence-electron chi connectivity index (χ2n) is 2.93. The molecule has 1 aliphatic heterocycles. The quantitative estimate of drug-likeness (QED) is 0.608. The Bertz CT molecular complexity index is 186. The van der Waals surface area contributed by atoms with E-state index < -0.39 is 0 Å². The van der Waals surface area contributed by atoms with Crippen molar-refractivity contribution in [2.24, 2.45) is 0 Å². The number of hydrogen-bond donors (Lipinski definition) is 1. The summed E-state index contributed by atoms with van der Waals surface area (Å²) >= 11 is 0. The topological polar surface area (TPSA) is 41.6 Å². The second-order valence-corrected chi connectivity index (χ2v) is 2.93. The summed E-state index contributed by atoms with van der Waals surface area (Å²) in [6, 6.07) is 0. The number of rotatable bonds is 3. The molecule has 13 heavy (non-hydrogen) atoms. The van der Waals surface area contributed by atoms with Crippen LogP contribution in [0.25, 0.3) is 0 Å². The molecule has 0 aromatic rings. The maximum absolute atomic E-state index is 10.8. The Kier molecular flexibility index (Phi) is 4.49. The van der Waals surface area contributed by atoms with Crippen molar-refractivity contribution in [3.05, 3.63) is 12.2 Å². The summed E-state index contributed by atoms with van der Waals surface area (Å²) in [4.78, 5) is 13.1. The van der Waals surface area contributed by atoms with Crippen molar-refractivity contribution in [3.8, 4) is 0 Å². The van der Waals surface area contributed by atoms with E-state index in [9.17, 15) is 4.79 Å². The van der Waals surface area contributed by atoms with Crippen LogP contribution in [-0.2, 0) is 9.53 Å². The summed E-state index contributed by atoms with van der Waals surface area (Å²) in [7, 11) is 1.63. The fraction of sp³-hybridized carbons (Fsp3) is 0.667. The standard InChI is InChI=1S/C9H16N2O2/c1-10-9(12)3-2-4-11-5-7-13-8-6-11/h2-3H,4-8H2,1H3,(H,10,12).